The van der Waals surface area contributed by atoms with E-state index in [1.54, 1.807) is 11.4 Å². The first-order valence-electron chi connectivity index (χ1n) is 9.91. The van der Waals surface area contributed by atoms with E-state index in [0.29, 0.717) is 17.6 Å². The Bertz CT molecular complexity index is 575. The van der Waals surface area contributed by atoms with E-state index in [9.17, 15) is 0 Å². The Morgan fingerprint density at radius 2 is 2.30 bits per heavy atom. The Kier molecular flexibility index (Phi) is 3.03. The monoisotopic (exact) mass is 277 g/mol. The quantitative estimate of drug-likeness (QED) is 0.901. The summed E-state index contributed by atoms with van der Waals surface area (Å²) in [5.41, 5.74) is 2.51. The number of methoxy groups -OCH3 is 1. The standard InChI is InChI=1S/C18H27NO/c1-3-10-19-18-11-13-8-9-14(20-2)12-17(13)15-6-4-5-7-16(15)18/h8-9,12,15-16,18-19H,3-7,10-11H2,1-2H3/t15?,16?,18-/m0/s1/i2D3/hD. The van der Waals surface area contributed by atoms with Crippen LogP contribution in [0.5, 0.6) is 5.75 Å². The maximum atomic E-state index is 8.43. The molecule has 0 bridgehead atoms. The maximum absolute atomic E-state index is 8.43. The Morgan fingerprint density at radius 3 is 3.15 bits per heavy atom. The van der Waals surface area contributed by atoms with Crippen LogP contribution >= 0.6 is 0 Å². The molecule has 0 amide bonds. The second kappa shape index (κ2) is 6.17. The third kappa shape index (κ3) is 2.58. The summed E-state index contributed by atoms with van der Waals surface area (Å²) >= 11 is 0. The van der Waals surface area contributed by atoms with E-state index in [1.807, 2.05) is 12.1 Å². The molecule has 3 atom stereocenters. The van der Waals surface area contributed by atoms with Crippen molar-refractivity contribution in [2.45, 2.75) is 57.4 Å². The number of ether oxygens (including phenoxy) is 1. The van der Waals surface area contributed by atoms with Gasteiger partial charge in [-0.25, -0.2) is 0 Å². The minimum absolute atomic E-state index is 0.275. The number of nitrogens with one attached hydrogen (secondary N) is 1. The maximum Gasteiger partial charge on any atom is 0.122 e. The van der Waals surface area contributed by atoms with Crippen molar-refractivity contribution in [2.24, 2.45) is 5.92 Å². The number of benzene rings is 1. The van der Waals surface area contributed by atoms with Crippen molar-refractivity contribution in [3.05, 3.63) is 29.3 Å². The van der Waals surface area contributed by atoms with Crippen molar-refractivity contribution in [1.82, 2.24) is 5.31 Å². The van der Waals surface area contributed by atoms with Crippen molar-refractivity contribution in [3.63, 3.8) is 0 Å². The van der Waals surface area contributed by atoms with E-state index in [1.165, 1.54) is 24.0 Å². The van der Waals surface area contributed by atoms with Crippen LogP contribution in [0.25, 0.3) is 0 Å². The minimum atomic E-state index is -2.41. The molecular weight excluding hydrogens is 246 g/mol. The second-order valence-corrected chi connectivity index (χ2v) is 6.20. The van der Waals surface area contributed by atoms with Gasteiger partial charge in [-0.05, 0) is 67.3 Å². The lowest BCUT2D eigenvalue weighted by molar-refractivity contribution is 0.215. The summed E-state index contributed by atoms with van der Waals surface area (Å²) in [5, 5.41) is 1.79. The highest BCUT2D eigenvalue weighted by Gasteiger charge is 2.37. The van der Waals surface area contributed by atoms with Crippen LogP contribution < -0.4 is 10.0 Å². The summed E-state index contributed by atoms with van der Waals surface area (Å²) in [6, 6.07) is 5.99. The van der Waals surface area contributed by atoms with Crippen LogP contribution in [0.1, 0.15) is 60.2 Å². The lowest BCUT2D eigenvalue weighted by Gasteiger charge is -2.43. The molecule has 2 aliphatic carbocycles. The van der Waals surface area contributed by atoms with E-state index < -0.39 is 7.04 Å². The van der Waals surface area contributed by atoms with Gasteiger partial charge in [0.05, 0.1) is 11.2 Å². The average Bonchev–Trinajstić information content (AvgIpc) is 2.53. The van der Waals surface area contributed by atoms with Crippen LogP contribution in [0.15, 0.2) is 18.2 Å². The number of hydrogen-bond donors (Lipinski definition) is 1. The number of hydrogen-bond acceptors (Lipinski definition) is 2. The van der Waals surface area contributed by atoms with Gasteiger partial charge < -0.3 is 10.0 Å². The molecule has 0 radical (unpaired) electrons. The smallest absolute Gasteiger partial charge is 0.122 e. The summed E-state index contributed by atoms with van der Waals surface area (Å²) < 4.78 is 35.5. The first kappa shape index (κ1) is 9.83. The third-order valence-electron chi connectivity index (χ3n) is 4.96. The average molecular weight is 277 g/mol. The topological polar surface area (TPSA) is 21.3 Å². The van der Waals surface area contributed by atoms with Crippen molar-refractivity contribution >= 4 is 0 Å². The fraction of sp³-hybridized carbons (Fsp3) is 0.667. The molecular formula is C18H27NO. The fourth-order valence-corrected chi connectivity index (χ4v) is 4.05. The SMILES string of the molecule is [2H]N(CCC)[C@H]1Cc2ccc(OC([2H])([2H])[2H])cc2C2CCCCC21. The molecule has 0 aliphatic heterocycles. The predicted molar refractivity (Wildman–Crippen MR) is 83.5 cm³/mol. The zero-order valence-corrected chi connectivity index (χ0v) is 12.3. The van der Waals surface area contributed by atoms with Gasteiger partial charge in [0.1, 0.15) is 7.16 Å². The summed E-state index contributed by atoms with van der Waals surface area (Å²) in [6.07, 6.45) is 6.62. The number of fused-ring (bicyclic) bond motifs is 3. The summed E-state index contributed by atoms with van der Waals surface area (Å²) in [5.74, 6) is 1.36. The van der Waals surface area contributed by atoms with Crippen LogP contribution in [0.4, 0.5) is 0 Å². The highest BCUT2D eigenvalue weighted by Crippen LogP contribution is 2.46. The van der Waals surface area contributed by atoms with Crippen molar-refractivity contribution in [3.8, 4) is 5.75 Å². The number of rotatable bonds is 4. The molecule has 2 heteroatoms. The second-order valence-electron chi connectivity index (χ2n) is 6.20. The molecule has 0 saturated heterocycles. The van der Waals surface area contributed by atoms with Gasteiger partial charge >= 0.3 is 0 Å². The molecule has 0 heterocycles. The molecule has 2 unspecified atom stereocenters. The van der Waals surface area contributed by atoms with Crippen LogP contribution in [0.3, 0.4) is 0 Å². The normalized spacial score (nSPS) is 32.4. The van der Waals surface area contributed by atoms with Gasteiger partial charge in [-0.3, -0.25) is 0 Å². The third-order valence-corrected chi connectivity index (χ3v) is 4.96. The van der Waals surface area contributed by atoms with Crippen molar-refractivity contribution < 1.29 is 10.3 Å². The lowest BCUT2D eigenvalue weighted by atomic mass is 9.66. The summed E-state index contributed by atoms with van der Waals surface area (Å²) in [7, 11) is -2.41. The molecule has 20 heavy (non-hydrogen) atoms. The van der Waals surface area contributed by atoms with Gasteiger partial charge in [0, 0.05) is 6.04 Å². The molecule has 0 spiro atoms. The zero-order valence-electron chi connectivity index (χ0n) is 16.3. The highest BCUT2D eigenvalue weighted by molar-refractivity contribution is 5.41. The first-order valence-corrected chi connectivity index (χ1v) is 7.96. The fourth-order valence-electron chi connectivity index (χ4n) is 4.05. The summed E-state index contributed by atoms with van der Waals surface area (Å²) in [4.78, 5) is 0. The first-order chi connectivity index (χ1) is 11.4. The van der Waals surface area contributed by atoms with Crippen LogP contribution in [0.2, 0.25) is 1.41 Å². The zero-order chi connectivity index (χ0) is 17.3. The summed E-state index contributed by atoms with van der Waals surface area (Å²) in [6.45, 7) is 2.93. The predicted octanol–water partition coefficient (Wildman–Crippen LogP) is 3.89. The Labute approximate surface area is 128 Å². The molecule has 1 N–H and O–H groups in total. The Hall–Kier alpha value is -1.02. The van der Waals surface area contributed by atoms with Crippen molar-refractivity contribution in [1.29, 1.82) is 0 Å². The van der Waals surface area contributed by atoms with Gasteiger partial charge in [-0.1, -0.05) is 25.8 Å². The molecule has 3 rings (SSSR count). The van der Waals surface area contributed by atoms with Gasteiger partial charge in [0.2, 0.25) is 0 Å². The molecule has 1 aromatic carbocycles. The molecule has 1 saturated carbocycles. The van der Waals surface area contributed by atoms with Crippen LogP contribution in [-0.2, 0) is 6.42 Å². The van der Waals surface area contributed by atoms with Crippen LogP contribution in [-0.4, -0.2) is 19.6 Å². The largest absolute Gasteiger partial charge is 0.497 e. The van der Waals surface area contributed by atoms with Gasteiger partial charge in [0.25, 0.3) is 0 Å². The molecule has 1 fully saturated rings. The van der Waals surface area contributed by atoms with Gasteiger partial charge in [-0.2, -0.15) is 0 Å². The molecule has 110 valence electrons. The van der Waals surface area contributed by atoms with E-state index in [0.717, 1.165) is 32.2 Å². The van der Waals surface area contributed by atoms with E-state index >= 15 is 0 Å². The molecule has 2 aliphatic rings. The highest BCUT2D eigenvalue weighted by atomic mass is 16.5. The molecule has 2 nitrogen and oxygen atoms in total. The molecule has 0 aromatic heterocycles. The van der Waals surface area contributed by atoms with E-state index in [4.69, 9.17) is 10.3 Å². The van der Waals surface area contributed by atoms with Crippen molar-refractivity contribution in [2.75, 3.05) is 13.6 Å². The van der Waals surface area contributed by atoms with Gasteiger partial charge in [-0.15, -0.1) is 0 Å². The lowest BCUT2D eigenvalue weighted by Crippen LogP contribution is -2.45. The Balaban J connectivity index is 1.91. The Morgan fingerprint density at radius 1 is 1.40 bits per heavy atom. The van der Waals surface area contributed by atoms with E-state index in [2.05, 4.69) is 6.92 Å². The minimum Gasteiger partial charge on any atom is -0.497 e. The van der Waals surface area contributed by atoms with E-state index in [-0.39, 0.29) is 6.04 Å². The van der Waals surface area contributed by atoms with Crippen LogP contribution in [0, 0.1) is 5.92 Å². The molecule has 1 aromatic rings. The van der Waals surface area contributed by atoms with Gasteiger partial charge in [0.15, 0.2) is 0 Å².